The van der Waals surface area contributed by atoms with Crippen molar-refractivity contribution >= 4 is 18.6 Å². The largest absolute Gasteiger partial charge is 0.669 e. The number of benzene rings is 1. The number of likely N-dealkylation sites (tertiary alicyclic amines) is 1. The Balaban J connectivity index is 1.39. The first-order chi connectivity index (χ1) is 14.8. The summed E-state index contributed by atoms with van der Waals surface area (Å²) in [6.45, 7) is -1.36. The number of rotatable bonds is 7. The third-order valence-electron chi connectivity index (χ3n) is 5.41. The average molecular weight is 431 g/mol. The first kappa shape index (κ1) is 21.2. The van der Waals surface area contributed by atoms with Crippen LogP contribution in [0.4, 0.5) is 0 Å². The molecule has 166 valence electrons. The van der Waals surface area contributed by atoms with Gasteiger partial charge in [0.1, 0.15) is 17.4 Å². The second-order valence-corrected chi connectivity index (χ2v) is 7.85. The van der Waals surface area contributed by atoms with Crippen molar-refractivity contribution < 1.29 is 34.1 Å². The fraction of sp³-hybridized carbons (Fsp3) is 0.421. The lowest BCUT2D eigenvalue weighted by Crippen LogP contribution is -2.56. The van der Waals surface area contributed by atoms with Gasteiger partial charge in [-0.05, 0) is 18.1 Å². The molecule has 5 N–H and O–H groups in total. The topological polar surface area (TPSA) is 160 Å². The van der Waals surface area contributed by atoms with Crippen molar-refractivity contribution in [2.24, 2.45) is 5.73 Å². The van der Waals surface area contributed by atoms with E-state index in [9.17, 15) is 24.7 Å². The molecule has 0 unspecified atom stereocenters. The number of hydrogen-bond acceptors (Lipinski definition) is 8. The van der Waals surface area contributed by atoms with Crippen molar-refractivity contribution in [1.82, 2.24) is 14.5 Å². The van der Waals surface area contributed by atoms with Gasteiger partial charge in [0.05, 0.1) is 37.3 Å². The number of ether oxygens (including phenoxy) is 1. The van der Waals surface area contributed by atoms with E-state index in [2.05, 4.69) is 4.98 Å². The van der Waals surface area contributed by atoms with Crippen LogP contribution in [0.3, 0.4) is 0 Å². The third kappa shape index (κ3) is 4.50. The molecule has 1 fully saturated rings. The van der Waals surface area contributed by atoms with Crippen molar-refractivity contribution in [2.75, 3.05) is 19.6 Å². The number of aryl methyl sites for hydroxylation is 1. The molecule has 2 aliphatic heterocycles. The number of nitrogens with zero attached hydrogens (tertiary/aromatic N) is 3. The molecule has 0 atom stereocenters. The number of aromatic nitrogens is 2. The number of carboxylic acid groups (broad SMARTS) is 1. The normalized spacial score (nSPS) is 17.5. The molecule has 4 rings (SSSR count). The van der Waals surface area contributed by atoms with Crippen LogP contribution >= 0.6 is 0 Å². The molecule has 2 aromatic rings. The van der Waals surface area contributed by atoms with Crippen LogP contribution in [0.2, 0.25) is 6.32 Å². The number of amides is 1. The van der Waals surface area contributed by atoms with Gasteiger partial charge in [-0.3, -0.25) is 4.79 Å². The molecule has 2 aliphatic rings. The SMILES string of the molecule is NCCn1cnc(CC(=O)N2CC(Oc3ccc4c(c3C(=O)O)O[B-](O)(O)CC4)C2)c1. The van der Waals surface area contributed by atoms with Crippen molar-refractivity contribution in [3.63, 3.8) is 0 Å². The lowest BCUT2D eigenvalue weighted by molar-refractivity contribution is -0.139. The van der Waals surface area contributed by atoms with Gasteiger partial charge in [0.15, 0.2) is 0 Å². The van der Waals surface area contributed by atoms with Crippen molar-refractivity contribution in [1.29, 1.82) is 0 Å². The first-order valence-corrected chi connectivity index (χ1v) is 10.1. The van der Waals surface area contributed by atoms with Gasteiger partial charge in [-0.25, -0.2) is 9.78 Å². The Morgan fingerprint density at radius 3 is 2.81 bits per heavy atom. The summed E-state index contributed by atoms with van der Waals surface area (Å²) in [6, 6.07) is 3.19. The monoisotopic (exact) mass is 431 g/mol. The molecular formula is C19H24BN4O7-. The van der Waals surface area contributed by atoms with Crippen LogP contribution in [0.25, 0.3) is 0 Å². The van der Waals surface area contributed by atoms with Gasteiger partial charge in [-0.1, -0.05) is 12.4 Å². The van der Waals surface area contributed by atoms with E-state index in [-0.39, 0.29) is 48.2 Å². The number of carbonyl (C=O) groups excluding carboxylic acids is 1. The number of imidazole rings is 1. The minimum absolute atomic E-state index is 0.00355. The summed E-state index contributed by atoms with van der Waals surface area (Å²) in [5.74, 6) is -1.40. The summed E-state index contributed by atoms with van der Waals surface area (Å²) in [4.78, 5) is 30.1. The Morgan fingerprint density at radius 2 is 2.10 bits per heavy atom. The Bertz CT molecular complexity index is 1000. The van der Waals surface area contributed by atoms with Crippen LogP contribution in [-0.2, 0) is 24.2 Å². The van der Waals surface area contributed by atoms with Gasteiger partial charge in [0.2, 0.25) is 5.91 Å². The zero-order chi connectivity index (χ0) is 22.2. The maximum atomic E-state index is 12.4. The van der Waals surface area contributed by atoms with Gasteiger partial charge in [0.25, 0.3) is 0 Å². The Hall–Kier alpha value is -3.09. The lowest BCUT2D eigenvalue weighted by Gasteiger charge is -2.40. The van der Waals surface area contributed by atoms with E-state index >= 15 is 0 Å². The van der Waals surface area contributed by atoms with E-state index < -0.39 is 12.7 Å². The highest BCUT2D eigenvalue weighted by Crippen LogP contribution is 2.38. The molecule has 1 aromatic carbocycles. The number of fused-ring (bicyclic) bond motifs is 1. The molecule has 1 saturated heterocycles. The molecule has 31 heavy (non-hydrogen) atoms. The molecule has 1 aromatic heterocycles. The van der Waals surface area contributed by atoms with E-state index in [1.165, 1.54) is 6.07 Å². The van der Waals surface area contributed by atoms with Gasteiger partial charge >= 0.3 is 12.7 Å². The molecule has 0 radical (unpaired) electrons. The quantitative estimate of drug-likeness (QED) is 0.413. The Kier molecular flexibility index (Phi) is 5.61. The highest BCUT2D eigenvalue weighted by atomic mass is 16.6. The van der Waals surface area contributed by atoms with E-state index in [0.717, 1.165) is 0 Å². The number of nitrogens with two attached hydrogens (primary N) is 1. The molecule has 0 spiro atoms. The maximum Gasteiger partial charge on any atom is 0.430 e. The fourth-order valence-corrected chi connectivity index (χ4v) is 3.76. The number of aromatic carboxylic acids is 1. The summed E-state index contributed by atoms with van der Waals surface area (Å²) < 4.78 is 12.8. The third-order valence-corrected chi connectivity index (χ3v) is 5.41. The van der Waals surface area contributed by atoms with Gasteiger partial charge in [-0.15, -0.1) is 0 Å². The number of carbonyl (C=O) groups is 2. The summed E-state index contributed by atoms with van der Waals surface area (Å²) >= 11 is 0. The van der Waals surface area contributed by atoms with Gasteiger partial charge < -0.3 is 39.7 Å². The second-order valence-electron chi connectivity index (χ2n) is 7.85. The van der Waals surface area contributed by atoms with Crippen molar-refractivity contribution in [3.05, 3.63) is 41.5 Å². The zero-order valence-electron chi connectivity index (χ0n) is 16.8. The molecule has 12 heteroatoms. The lowest BCUT2D eigenvalue weighted by atomic mass is 9.70. The van der Waals surface area contributed by atoms with Crippen LogP contribution in [-0.4, -0.2) is 74.0 Å². The summed E-state index contributed by atoms with van der Waals surface area (Å²) in [5, 5.41) is 29.3. The molecule has 0 aliphatic carbocycles. The molecule has 1 amide bonds. The summed E-state index contributed by atoms with van der Waals surface area (Å²) in [7, 11) is 0. The predicted octanol–water partition coefficient (Wildman–Crippen LogP) is -0.769. The van der Waals surface area contributed by atoms with Gasteiger partial charge in [-0.2, -0.15) is 0 Å². The highest BCUT2D eigenvalue weighted by molar-refractivity contribution is 6.59. The first-order valence-electron chi connectivity index (χ1n) is 10.1. The number of carboxylic acids is 1. The molecule has 0 saturated carbocycles. The van der Waals surface area contributed by atoms with Crippen LogP contribution in [0.15, 0.2) is 24.7 Å². The Labute approximate surface area is 178 Å². The van der Waals surface area contributed by atoms with Crippen molar-refractivity contribution in [2.45, 2.75) is 31.8 Å². The number of hydrogen-bond donors (Lipinski definition) is 4. The summed E-state index contributed by atoms with van der Waals surface area (Å²) in [5.41, 5.74) is 6.48. The zero-order valence-corrected chi connectivity index (χ0v) is 16.8. The standard InChI is InChI=1S/C19H24BN4O7/c21-5-6-23-8-13(22-11-23)7-16(25)24-9-14(10-24)30-15-2-1-12-3-4-20(28,29)31-18(12)17(15)19(26)27/h1-2,8,11,14,28-29H,3-7,9-10,21H2,(H,26,27)/q-1. The van der Waals surface area contributed by atoms with Crippen LogP contribution in [0.5, 0.6) is 11.5 Å². The Morgan fingerprint density at radius 1 is 1.32 bits per heavy atom. The summed E-state index contributed by atoms with van der Waals surface area (Å²) in [6.07, 6.45) is 3.49. The average Bonchev–Trinajstić information content (AvgIpc) is 3.09. The molecule has 3 heterocycles. The van der Waals surface area contributed by atoms with Crippen LogP contribution in [0.1, 0.15) is 21.6 Å². The minimum atomic E-state index is -3.10. The minimum Gasteiger partial charge on any atom is -0.669 e. The molecule has 0 bridgehead atoms. The van der Waals surface area contributed by atoms with E-state index in [0.29, 0.717) is 37.4 Å². The van der Waals surface area contributed by atoms with E-state index in [1.807, 2.05) is 4.57 Å². The second kappa shape index (κ2) is 8.21. The molecule has 11 nitrogen and oxygen atoms in total. The van der Waals surface area contributed by atoms with Gasteiger partial charge in [0, 0.05) is 19.3 Å². The maximum absolute atomic E-state index is 12.4. The molecular weight excluding hydrogens is 407 g/mol. The van der Waals surface area contributed by atoms with Crippen LogP contribution < -0.4 is 15.1 Å². The van der Waals surface area contributed by atoms with E-state index in [1.54, 1.807) is 23.5 Å². The predicted molar refractivity (Wildman–Crippen MR) is 109 cm³/mol. The van der Waals surface area contributed by atoms with E-state index in [4.69, 9.17) is 15.1 Å². The highest BCUT2D eigenvalue weighted by Gasteiger charge is 2.36. The fourth-order valence-electron chi connectivity index (χ4n) is 3.76. The smallest absolute Gasteiger partial charge is 0.430 e. The van der Waals surface area contributed by atoms with Crippen LogP contribution in [0, 0.1) is 0 Å². The van der Waals surface area contributed by atoms with Crippen molar-refractivity contribution in [3.8, 4) is 11.5 Å².